The standard InChI is InChI=1S/C20H31N3O/c1-16(15-23-12-10-22(2)11-13-23)21-18-14-20(8-5-9-20)24-19-7-4-3-6-17(18)19/h3-4,6-7,16,18,21H,5,8-15H2,1-2H3/t16-,18-/m0/s1. The lowest BCUT2D eigenvalue weighted by molar-refractivity contribution is -0.0382. The van der Waals surface area contributed by atoms with E-state index in [4.69, 9.17) is 4.74 Å². The summed E-state index contributed by atoms with van der Waals surface area (Å²) in [4.78, 5) is 5.02. The average Bonchev–Trinajstić information content (AvgIpc) is 2.55. The third-order valence-corrected chi connectivity index (χ3v) is 6.08. The Hall–Kier alpha value is -1.10. The molecule has 0 radical (unpaired) electrons. The molecule has 0 bridgehead atoms. The van der Waals surface area contributed by atoms with Gasteiger partial charge in [0.15, 0.2) is 0 Å². The summed E-state index contributed by atoms with van der Waals surface area (Å²) in [5.74, 6) is 1.10. The number of hydrogen-bond donors (Lipinski definition) is 1. The maximum atomic E-state index is 6.37. The zero-order valence-corrected chi connectivity index (χ0v) is 15.1. The van der Waals surface area contributed by atoms with Crippen molar-refractivity contribution in [2.75, 3.05) is 39.8 Å². The topological polar surface area (TPSA) is 27.7 Å². The number of hydrogen-bond acceptors (Lipinski definition) is 4. The second kappa shape index (κ2) is 6.66. The van der Waals surface area contributed by atoms with Crippen molar-refractivity contribution < 1.29 is 4.74 Å². The van der Waals surface area contributed by atoms with Gasteiger partial charge in [0.1, 0.15) is 11.4 Å². The second-order valence-corrected chi connectivity index (χ2v) is 8.10. The van der Waals surface area contributed by atoms with Gasteiger partial charge in [-0.15, -0.1) is 0 Å². The van der Waals surface area contributed by atoms with Crippen molar-refractivity contribution in [2.45, 2.75) is 50.3 Å². The number of para-hydroxylation sites is 1. The van der Waals surface area contributed by atoms with Gasteiger partial charge in [-0.1, -0.05) is 18.2 Å². The van der Waals surface area contributed by atoms with E-state index in [1.807, 2.05) is 0 Å². The van der Waals surface area contributed by atoms with E-state index in [0.717, 1.165) is 18.7 Å². The van der Waals surface area contributed by atoms with Crippen LogP contribution in [0.15, 0.2) is 24.3 Å². The third-order valence-electron chi connectivity index (χ3n) is 6.08. The molecule has 2 heterocycles. The fourth-order valence-electron chi connectivity index (χ4n) is 4.46. The highest BCUT2D eigenvalue weighted by atomic mass is 16.5. The molecule has 2 aliphatic heterocycles. The SMILES string of the molecule is C[C@@H](CN1CCN(C)CC1)N[C@H]1CC2(CCC2)Oc2ccccc21. The minimum Gasteiger partial charge on any atom is -0.487 e. The van der Waals surface area contributed by atoms with Crippen LogP contribution in [-0.4, -0.2) is 61.2 Å². The summed E-state index contributed by atoms with van der Waals surface area (Å²) in [7, 11) is 2.22. The lowest BCUT2D eigenvalue weighted by atomic mass is 9.73. The highest BCUT2D eigenvalue weighted by molar-refractivity contribution is 5.39. The summed E-state index contributed by atoms with van der Waals surface area (Å²) >= 11 is 0. The number of likely N-dealkylation sites (N-methyl/N-ethyl adjacent to an activating group) is 1. The first-order chi connectivity index (χ1) is 11.6. The highest BCUT2D eigenvalue weighted by Crippen LogP contribution is 2.48. The molecule has 1 saturated heterocycles. The van der Waals surface area contributed by atoms with Gasteiger partial charge in [0.25, 0.3) is 0 Å². The van der Waals surface area contributed by atoms with Gasteiger partial charge in [0.2, 0.25) is 0 Å². The Labute approximate surface area is 146 Å². The Morgan fingerprint density at radius 2 is 1.96 bits per heavy atom. The Bertz CT molecular complexity index is 564. The number of benzene rings is 1. The van der Waals surface area contributed by atoms with E-state index in [1.165, 1.54) is 51.0 Å². The molecule has 4 heteroatoms. The zero-order valence-electron chi connectivity index (χ0n) is 15.1. The van der Waals surface area contributed by atoms with Crippen LogP contribution in [0, 0.1) is 0 Å². The van der Waals surface area contributed by atoms with Crippen molar-refractivity contribution >= 4 is 0 Å². The van der Waals surface area contributed by atoms with Crippen LogP contribution < -0.4 is 10.1 Å². The number of nitrogens with one attached hydrogen (secondary N) is 1. The first kappa shape index (κ1) is 16.4. The molecule has 4 rings (SSSR count). The van der Waals surface area contributed by atoms with E-state index in [9.17, 15) is 0 Å². The molecule has 1 aliphatic carbocycles. The molecule has 1 aromatic carbocycles. The van der Waals surface area contributed by atoms with Crippen molar-refractivity contribution in [1.29, 1.82) is 0 Å². The number of rotatable bonds is 4. The van der Waals surface area contributed by atoms with Crippen LogP contribution in [0.1, 0.15) is 44.2 Å². The van der Waals surface area contributed by atoms with E-state index in [-0.39, 0.29) is 5.60 Å². The van der Waals surface area contributed by atoms with Gasteiger partial charge in [0.05, 0.1) is 0 Å². The Balaban J connectivity index is 1.41. The number of piperazine rings is 1. The summed E-state index contributed by atoms with van der Waals surface area (Å²) in [5, 5.41) is 3.92. The second-order valence-electron chi connectivity index (χ2n) is 8.10. The van der Waals surface area contributed by atoms with Crippen LogP contribution in [-0.2, 0) is 0 Å². The van der Waals surface area contributed by atoms with Crippen molar-refractivity contribution in [3.63, 3.8) is 0 Å². The molecule has 0 aromatic heterocycles. The molecular formula is C20H31N3O. The normalized spacial score (nSPS) is 28.0. The molecule has 4 nitrogen and oxygen atoms in total. The quantitative estimate of drug-likeness (QED) is 0.919. The summed E-state index contributed by atoms with van der Waals surface area (Å²) in [6.45, 7) is 8.24. The van der Waals surface area contributed by atoms with Gasteiger partial charge >= 0.3 is 0 Å². The monoisotopic (exact) mass is 329 g/mol. The lowest BCUT2D eigenvalue weighted by Crippen LogP contribution is -2.52. The van der Waals surface area contributed by atoms with E-state index in [0.29, 0.717) is 12.1 Å². The van der Waals surface area contributed by atoms with E-state index >= 15 is 0 Å². The molecule has 1 spiro atoms. The maximum Gasteiger partial charge on any atom is 0.124 e. The molecule has 1 aromatic rings. The highest BCUT2D eigenvalue weighted by Gasteiger charge is 2.45. The molecule has 2 fully saturated rings. The molecule has 0 amide bonds. The molecule has 132 valence electrons. The van der Waals surface area contributed by atoms with Gasteiger partial charge in [0, 0.05) is 56.8 Å². The minimum absolute atomic E-state index is 0.111. The van der Waals surface area contributed by atoms with Crippen LogP contribution >= 0.6 is 0 Å². The number of nitrogens with zero attached hydrogens (tertiary/aromatic N) is 2. The first-order valence-corrected chi connectivity index (χ1v) is 9.58. The Morgan fingerprint density at radius 3 is 2.67 bits per heavy atom. The molecule has 3 aliphatic rings. The average molecular weight is 329 g/mol. The van der Waals surface area contributed by atoms with Gasteiger partial charge in [-0.25, -0.2) is 0 Å². The van der Waals surface area contributed by atoms with E-state index in [1.54, 1.807) is 0 Å². The van der Waals surface area contributed by atoms with Crippen LogP contribution in [0.3, 0.4) is 0 Å². The van der Waals surface area contributed by atoms with Crippen LogP contribution in [0.25, 0.3) is 0 Å². The van der Waals surface area contributed by atoms with E-state index < -0.39 is 0 Å². The minimum atomic E-state index is 0.111. The van der Waals surface area contributed by atoms with Crippen LogP contribution in [0.2, 0.25) is 0 Å². The summed E-state index contributed by atoms with van der Waals surface area (Å²) in [6.07, 6.45) is 4.86. The maximum absolute atomic E-state index is 6.37. The van der Waals surface area contributed by atoms with Crippen molar-refractivity contribution in [3.05, 3.63) is 29.8 Å². The van der Waals surface area contributed by atoms with Gasteiger partial charge < -0.3 is 15.0 Å². The van der Waals surface area contributed by atoms with Crippen LogP contribution in [0.5, 0.6) is 5.75 Å². The van der Waals surface area contributed by atoms with Gasteiger partial charge in [-0.3, -0.25) is 4.90 Å². The predicted octanol–water partition coefficient (Wildman–Crippen LogP) is 2.66. The number of ether oxygens (including phenoxy) is 1. The zero-order chi connectivity index (χ0) is 16.6. The molecule has 0 unspecified atom stereocenters. The number of fused-ring (bicyclic) bond motifs is 1. The largest absolute Gasteiger partial charge is 0.487 e. The molecule has 1 saturated carbocycles. The summed E-state index contributed by atoms with van der Waals surface area (Å²) in [5.41, 5.74) is 1.46. The van der Waals surface area contributed by atoms with Gasteiger partial charge in [-0.2, -0.15) is 0 Å². The first-order valence-electron chi connectivity index (χ1n) is 9.58. The van der Waals surface area contributed by atoms with Crippen molar-refractivity contribution in [1.82, 2.24) is 15.1 Å². The Kier molecular flexibility index (Phi) is 4.54. The molecule has 1 N–H and O–H groups in total. The van der Waals surface area contributed by atoms with Gasteiger partial charge in [-0.05, 0) is 39.3 Å². The fraction of sp³-hybridized carbons (Fsp3) is 0.700. The fourth-order valence-corrected chi connectivity index (χ4v) is 4.46. The van der Waals surface area contributed by atoms with E-state index in [2.05, 4.69) is 53.4 Å². The Morgan fingerprint density at radius 1 is 1.21 bits per heavy atom. The molecule has 2 atom stereocenters. The predicted molar refractivity (Wildman–Crippen MR) is 97.5 cm³/mol. The van der Waals surface area contributed by atoms with Crippen LogP contribution in [0.4, 0.5) is 0 Å². The molecular weight excluding hydrogens is 298 g/mol. The molecule has 24 heavy (non-hydrogen) atoms. The third kappa shape index (κ3) is 3.32. The summed E-state index contributed by atoms with van der Waals surface area (Å²) in [6, 6.07) is 9.55. The van der Waals surface area contributed by atoms with Crippen molar-refractivity contribution in [3.8, 4) is 5.75 Å². The smallest absolute Gasteiger partial charge is 0.124 e. The lowest BCUT2D eigenvalue weighted by Gasteiger charge is -2.48. The van der Waals surface area contributed by atoms with Crippen molar-refractivity contribution in [2.24, 2.45) is 0 Å². The summed E-state index contributed by atoms with van der Waals surface area (Å²) < 4.78 is 6.37.